The second kappa shape index (κ2) is 13.3. The summed E-state index contributed by atoms with van der Waals surface area (Å²) < 4.78 is 4.31. The van der Waals surface area contributed by atoms with Crippen LogP contribution in [-0.2, 0) is 12.0 Å². The first-order valence-electron chi connectivity index (χ1n) is 19.2. The Morgan fingerprint density at radius 2 is 1.05 bits per heavy atom. The van der Waals surface area contributed by atoms with Gasteiger partial charge in [0, 0.05) is 33.5 Å². The van der Waals surface area contributed by atoms with E-state index in [4.69, 9.17) is 15.0 Å². The molecule has 0 amide bonds. The molecular weight excluding hydrogens is 699 g/mol. The number of aromatic nitrogens is 6. The summed E-state index contributed by atoms with van der Waals surface area (Å²) >= 11 is 0. The van der Waals surface area contributed by atoms with E-state index in [-0.39, 0.29) is 0 Å². The average Bonchev–Trinajstić information content (AvgIpc) is 3.81. The Hall–Kier alpha value is -7.64. The van der Waals surface area contributed by atoms with E-state index in [9.17, 15) is 0 Å². The van der Waals surface area contributed by atoms with Gasteiger partial charge in [0.25, 0.3) is 0 Å². The summed E-state index contributed by atoms with van der Waals surface area (Å²) in [6.07, 6.45) is 7.89. The minimum atomic E-state index is -0.634. The van der Waals surface area contributed by atoms with Crippen molar-refractivity contribution in [2.24, 2.45) is 0 Å². The number of para-hydroxylation sites is 2. The Kier molecular flexibility index (Phi) is 7.64. The molecule has 10 aromatic rings. The fraction of sp³-hybridized carbons (Fsp3) is 0.0400. The lowest BCUT2D eigenvalue weighted by molar-refractivity contribution is 0.745. The zero-order valence-corrected chi connectivity index (χ0v) is 30.9. The van der Waals surface area contributed by atoms with Crippen LogP contribution in [0.25, 0.3) is 62.1 Å². The first-order valence-corrected chi connectivity index (χ1v) is 19.2. The fourth-order valence-corrected chi connectivity index (χ4v) is 8.88. The highest BCUT2D eigenvalue weighted by atomic mass is 15.3. The molecule has 6 aromatic carbocycles. The first-order chi connectivity index (χ1) is 28.3. The molecule has 0 saturated carbocycles. The Bertz CT molecular complexity index is 2980. The van der Waals surface area contributed by atoms with Gasteiger partial charge >= 0.3 is 0 Å². The van der Waals surface area contributed by atoms with E-state index < -0.39 is 5.41 Å². The van der Waals surface area contributed by atoms with Crippen LogP contribution in [0, 0.1) is 0 Å². The number of pyridine rings is 1. The van der Waals surface area contributed by atoms with E-state index in [0.717, 1.165) is 55.1 Å². The van der Waals surface area contributed by atoms with Crippen LogP contribution >= 0.6 is 0 Å². The number of nitrogens with one attached hydrogen (secondary N) is 1. The van der Waals surface area contributed by atoms with Gasteiger partial charge < -0.3 is 5.32 Å². The molecule has 7 nitrogen and oxygen atoms in total. The van der Waals surface area contributed by atoms with Crippen LogP contribution in [0.4, 0.5) is 0 Å². The average molecular weight is 734 g/mol. The molecule has 1 N–H and O–H groups in total. The lowest BCUT2D eigenvalue weighted by Gasteiger charge is -2.37. The van der Waals surface area contributed by atoms with Gasteiger partial charge in [-0.25, -0.2) is 0 Å². The largest absolute Gasteiger partial charge is 0.385 e. The molecule has 0 radical (unpaired) electrons. The topological polar surface area (TPSA) is 73.5 Å². The fourth-order valence-electron chi connectivity index (χ4n) is 8.88. The Balaban J connectivity index is 1.21. The molecule has 0 unspecified atom stereocenters. The van der Waals surface area contributed by atoms with Gasteiger partial charge in [-0.1, -0.05) is 146 Å². The summed E-state index contributed by atoms with van der Waals surface area (Å²) in [5, 5.41) is 6.78. The number of nitrogens with zero attached hydrogens (tertiary/aromatic N) is 6. The molecule has 0 saturated heterocycles. The van der Waals surface area contributed by atoms with E-state index in [1.165, 1.54) is 16.7 Å². The predicted molar refractivity (Wildman–Crippen MR) is 228 cm³/mol. The molecule has 7 heteroatoms. The van der Waals surface area contributed by atoms with Crippen molar-refractivity contribution in [2.45, 2.75) is 12.0 Å². The molecule has 0 aliphatic carbocycles. The standard InChI is InChI=1S/C50H35N7/c1-4-16-35(17-5-1)50(36-18-6-2-7-19-36,37-20-8-3-9-21-37)38-22-14-15-34(31-38)47-53-48(56-43-25-12-10-23-39(43)41-27-29-51-32-45(41)56)55-49(54-47)57-44-26-13-11-24-40(44)42-28-30-52-33-46(42)57/h1-32,52H,33H2. The molecule has 5 heterocycles. The highest BCUT2D eigenvalue weighted by molar-refractivity contribution is 6.08. The van der Waals surface area contributed by atoms with Crippen molar-refractivity contribution in [2.75, 3.05) is 0 Å². The van der Waals surface area contributed by atoms with E-state index in [1.807, 2.05) is 18.6 Å². The summed E-state index contributed by atoms with van der Waals surface area (Å²) in [5.74, 6) is 1.64. The van der Waals surface area contributed by atoms with Gasteiger partial charge in [0.1, 0.15) is 0 Å². The van der Waals surface area contributed by atoms with Gasteiger partial charge in [-0.2, -0.15) is 15.0 Å². The molecule has 1 aliphatic heterocycles. The minimum Gasteiger partial charge on any atom is -0.385 e. The Morgan fingerprint density at radius 1 is 0.491 bits per heavy atom. The Labute approximate surface area is 329 Å². The molecule has 0 bridgehead atoms. The van der Waals surface area contributed by atoms with Crippen molar-refractivity contribution in [1.29, 1.82) is 0 Å². The highest BCUT2D eigenvalue weighted by Gasteiger charge is 2.38. The molecule has 4 aromatic heterocycles. The maximum atomic E-state index is 5.38. The molecule has 0 atom stereocenters. The molecular formula is C50H35N7. The molecule has 0 fully saturated rings. The van der Waals surface area contributed by atoms with Gasteiger partial charge in [0.05, 0.1) is 40.4 Å². The summed E-state index contributed by atoms with van der Waals surface area (Å²) in [7, 11) is 0. The van der Waals surface area contributed by atoms with Crippen molar-refractivity contribution < 1.29 is 0 Å². The zero-order valence-electron chi connectivity index (χ0n) is 30.9. The second-order valence-corrected chi connectivity index (χ2v) is 14.4. The number of rotatable bonds is 7. The van der Waals surface area contributed by atoms with Crippen LogP contribution in [0.3, 0.4) is 0 Å². The van der Waals surface area contributed by atoms with Crippen molar-refractivity contribution in [3.63, 3.8) is 0 Å². The third kappa shape index (κ3) is 5.13. The SMILES string of the molecule is C1=Cc2c(n(-c3nc(-c4cccc(C(c5ccccc5)(c5ccccc5)c5ccccc5)c4)nc(-n4c5ccccc5c5ccncc54)n3)c3ccccc23)CN1. The molecule has 11 rings (SSSR count). The van der Waals surface area contributed by atoms with Crippen LogP contribution in [0.5, 0.6) is 0 Å². The summed E-state index contributed by atoms with van der Waals surface area (Å²) in [5.41, 5.74) is 10.1. The normalized spacial score (nSPS) is 12.6. The maximum absolute atomic E-state index is 5.38. The molecule has 270 valence electrons. The lowest BCUT2D eigenvalue weighted by atomic mass is 9.65. The van der Waals surface area contributed by atoms with E-state index in [0.29, 0.717) is 24.3 Å². The minimum absolute atomic E-state index is 0.519. The quantitative estimate of drug-likeness (QED) is 0.165. The number of benzene rings is 6. The molecule has 57 heavy (non-hydrogen) atoms. The number of hydrogen-bond acceptors (Lipinski definition) is 5. The van der Waals surface area contributed by atoms with Crippen LogP contribution in [0.1, 0.15) is 33.5 Å². The van der Waals surface area contributed by atoms with Crippen molar-refractivity contribution in [3.05, 3.63) is 222 Å². The van der Waals surface area contributed by atoms with E-state index in [1.54, 1.807) is 0 Å². The number of hydrogen-bond donors (Lipinski definition) is 1. The number of fused-ring (bicyclic) bond motifs is 6. The van der Waals surface area contributed by atoms with Crippen LogP contribution in [0.15, 0.2) is 188 Å². The van der Waals surface area contributed by atoms with E-state index in [2.05, 4.69) is 195 Å². The molecule has 0 spiro atoms. The van der Waals surface area contributed by atoms with Crippen LogP contribution < -0.4 is 5.32 Å². The third-order valence-corrected chi connectivity index (χ3v) is 11.3. The highest BCUT2D eigenvalue weighted by Crippen LogP contribution is 2.46. The van der Waals surface area contributed by atoms with Gasteiger partial charge in [-0.05, 0) is 58.8 Å². The van der Waals surface area contributed by atoms with Gasteiger partial charge in [-0.3, -0.25) is 14.1 Å². The van der Waals surface area contributed by atoms with E-state index >= 15 is 0 Å². The van der Waals surface area contributed by atoms with Crippen molar-refractivity contribution in [3.8, 4) is 23.3 Å². The lowest BCUT2D eigenvalue weighted by Crippen LogP contribution is -2.31. The monoisotopic (exact) mass is 733 g/mol. The maximum Gasteiger partial charge on any atom is 0.240 e. The molecule has 1 aliphatic rings. The van der Waals surface area contributed by atoms with Gasteiger partial charge in [-0.15, -0.1) is 0 Å². The van der Waals surface area contributed by atoms with Crippen LogP contribution in [-0.4, -0.2) is 29.1 Å². The smallest absolute Gasteiger partial charge is 0.240 e. The van der Waals surface area contributed by atoms with Crippen molar-refractivity contribution in [1.82, 2.24) is 34.4 Å². The Morgan fingerprint density at radius 3 is 1.74 bits per heavy atom. The third-order valence-electron chi connectivity index (χ3n) is 11.3. The zero-order chi connectivity index (χ0) is 37.8. The van der Waals surface area contributed by atoms with Crippen LogP contribution in [0.2, 0.25) is 0 Å². The van der Waals surface area contributed by atoms with Gasteiger partial charge in [0.2, 0.25) is 11.9 Å². The predicted octanol–water partition coefficient (Wildman–Crippen LogP) is 10.4. The first kappa shape index (κ1) is 32.8. The van der Waals surface area contributed by atoms with Gasteiger partial charge in [0.15, 0.2) is 5.82 Å². The summed E-state index contributed by atoms with van der Waals surface area (Å²) in [6.45, 7) is 0.638. The van der Waals surface area contributed by atoms with Crippen molar-refractivity contribution >= 4 is 38.8 Å². The second-order valence-electron chi connectivity index (χ2n) is 14.4. The summed E-state index contributed by atoms with van der Waals surface area (Å²) in [4.78, 5) is 20.6. The summed E-state index contributed by atoms with van der Waals surface area (Å²) in [6, 6.07) is 60.0.